The van der Waals surface area contributed by atoms with Gasteiger partial charge in [-0.25, -0.2) is 0 Å². The van der Waals surface area contributed by atoms with Gasteiger partial charge in [0.05, 0.1) is 0 Å². The SMILES string of the molecule is CCCCCCCCCCC(NN)c1ccc(C)c(Br)c1. The summed E-state index contributed by atoms with van der Waals surface area (Å²) in [7, 11) is 0. The van der Waals surface area contributed by atoms with E-state index in [4.69, 9.17) is 5.84 Å². The first-order chi connectivity index (χ1) is 10.2. The third kappa shape index (κ3) is 7.44. The summed E-state index contributed by atoms with van der Waals surface area (Å²) in [5, 5.41) is 0. The molecule has 0 bridgehead atoms. The Kier molecular flexibility index (Phi) is 9.98. The van der Waals surface area contributed by atoms with E-state index in [0.717, 1.165) is 10.9 Å². The monoisotopic (exact) mass is 354 g/mol. The molecule has 120 valence electrons. The molecule has 1 unspecified atom stereocenters. The molecule has 0 aromatic heterocycles. The number of unbranched alkanes of at least 4 members (excludes halogenated alkanes) is 7. The van der Waals surface area contributed by atoms with Crippen LogP contribution in [0.15, 0.2) is 22.7 Å². The largest absolute Gasteiger partial charge is 0.271 e. The molecular formula is C18H31BrN2. The Morgan fingerprint density at radius 2 is 1.67 bits per heavy atom. The van der Waals surface area contributed by atoms with Crippen LogP contribution in [0.25, 0.3) is 0 Å². The van der Waals surface area contributed by atoms with Crippen molar-refractivity contribution in [2.45, 2.75) is 77.7 Å². The minimum atomic E-state index is 0.266. The summed E-state index contributed by atoms with van der Waals surface area (Å²) >= 11 is 3.60. The van der Waals surface area contributed by atoms with Crippen LogP contribution >= 0.6 is 15.9 Å². The molecular weight excluding hydrogens is 324 g/mol. The number of nitrogens with two attached hydrogens (primary N) is 1. The highest BCUT2D eigenvalue weighted by Gasteiger charge is 2.10. The van der Waals surface area contributed by atoms with Crippen molar-refractivity contribution < 1.29 is 0 Å². The zero-order valence-corrected chi connectivity index (χ0v) is 15.2. The van der Waals surface area contributed by atoms with Gasteiger partial charge < -0.3 is 0 Å². The normalized spacial score (nSPS) is 12.6. The molecule has 0 spiro atoms. The Balaban J connectivity index is 2.23. The van der Waals surface area contributed by atoms with E-state index in [1.807, 2.05) is 0 Å². The van der Waals surface area contributed by atoms with E-state index < -0.39 is 0 Å². The lowest BCUT2D eigenvalue weighted by molar-refractivity contribution is 0.475. The smallest absolute Gasteiger partial charge is 0.0460 e. The fourth-order valence-corrected chi connectivity index (χ4v) is 3.05. The van der Waals surface area contributed by atoms with E-state index in [1.54, 1.807) is 0 Å². The van der Waals surface area contributed by atoms with Crippen molar-refractivity contribution in [1.82, 2.24) is 5.43 Å². The van der Waals surface area contributed by atoms with Gasteiger partial charge in [0.1, 0.15) is 0 Å². The highest BCUT2D eigenvalue weighted by Crippen LogP contribution is 2.25. The van der Waals surface area contributed by atoms with Crippen molar-refractivity contribution in [3.63, 3.8) is 0 Å². The van der Waals surface area contributed by atoms with Gasteiger partial charge in [-0.05, 0) is 30.5 Å². The summed E-state index contributed by atoms with van der Waals surface area (Å²) in [6.45, 7) is 4.38. The standard InChI is InChI=1S/C18H31BrN2/c1-3-4-5-6-7-8-9-10-11-18(21-20)16-13-12-15(2)17(19)14-16/h12-14,18,21H,3-11,20H2,1-2H3. The second kappa shape index (κ2) is 11.2. The van der Waals surface area contributed by atoms with Gasteiger partial charge in [0.2, 0.25) is 0 Å². The van der Waals surface area contributed by atoms with Crippen LogP contribution in [0.1, 0.15) is 81.9 Å². The number of hydrogen-bond donors (Lipinski definition) is 2. The van der Waals surface area contributed by atoms with Crippen molar-refractivity contribution in [2.75, 3.05) is 0 Å². The van der Waals surface area contributed by atoms with Crippen LogP contribution in [0.3, 0.4) is 0 Å². The van der Waals surface area contributed by atoms with Crippen LogP contribution in [0.2, 0.25) is 0 Å². The maximum atomic E-state index is 5.72. The van der Waals surface area contributed by atoms with Crippen LogP contribution in [0.4, 0.5) is 0 Å². The van der Waals surface area contributed by atoms with Gasteiger partial charge in [-0.1, -0.05) is 86.4 Å². The second-order valence-electron chi connectivity index (χ2n) is 5.99. The lowest BCUT2D eigenvalue weighted by Gasteiger charge is -2.17. The van der Waals surface area contributed by atoms with Crippen molar-refractivity contribution in [3.8, 4) is 0 Å². The van der Waals surface area contributed by atoms with E-state index >= 15 is 0 Å². The molecule has 0 saturated carbocycles. The third-order valence-corrected chi connectivity index (χ3v) is 5.00. The van der Waals surface area contributed by atoms with Crippen LogP contribution in [0, 0.1) is 6.92 Å². The predicted molar refractivity (Wildman–Crippen MR) is 96.2 cm³/mol. The first kappa shape index (κ1) is 18.7. The van der Waals surface area contributed by atoms with E-state index in [9.17, 15) is 0 Å². The second-order valence-corrected chi connectivity index (χ2v) is 6.85. The molecule has 21 heavy (non-hydrogen) atoms. The summed E-state index contributed by atoms with van der Waals surface area (Å²) < 4.78 is 1.16. The zero-order chi connectivity index (χ0) is 15.5. The number of hydrogen-bond acceptors (Lipinski definition) is 2. The zero-order valence-electron chi connectivity index (χ0n) is 13.6. The molecule has 0 amide bonds. The lowest BCUT2D eigenvalue weighted by atomic mass is 9.99. The van der Waals surface area contributed by atoms with Crippen molar-refractivity contribution in [2.24, 2.45) is 5.84 Å². The molecule has 1 aromatic carbocycles. The molecule has 1 atom stereocenters. The summed E-state index contributed by atoms with van der Waals surface area (Å²) in [6.07, 6.45) is 11.9. The van der Waals surface area contributed by atoms with E-state index in [2.05, 4.69) is 53.4 Å². The predicted octanol–water partition coefficient (Wildman–Crippen LogP) is 5.79. The van der Waals surface area contributed by atoms with Crippen molar-refractivity contribution >= 4 is 15.9 Å². The number of hydrazine groups is 1. The molecule has 0 aliphatic carbocycles. The Hall–Kier alpha value is -0.380. The Bertz CT molecular complexity index is 393. The lowest BCUT2D eigenvalue weighted by Crippen LogP contribution is -2.28. The quantitative estimate of drug-likeness (QED) is 0.299. The highest BCUT2D eigenvalue weighted by atomic mass is 79.9. The van der Waals surface area contributed by atoms with Gasteiger partial charge in [-0.2, -0.15) is 0 Å². The summed E-state index contributed by atoms with van der Waals surface area (Å²) in [4.78, 5) is 0. The number of nitrogens with one attached hydrogen (secondary N) is 1. The topological polar surface area (TPSA) is 38.0 Å². The molecule has 1 aromatic rings. The maximum absolute atomic E-state index is 5.72. The summed E-state index contributed by atoms with van der Waals surface area (Å²) in [5.74, 6) is 5.72. The van der Waals surface area contributed by atoms with Gasteiger partial charge in [0.25, 0.3) is 0 Å². The van der Waals surface area contributed by atoms with Gasteiger partial charge in [-0.15, -0.1) is 0 Å². The van der Waals surface area contributed by atoms with Crippen LogP contribution < -0.4 is 11.3 Å². The number of halogens is 1. The van der Waals surface area contributed by atoms with Crippen LogP contribution in [0.5, 0.6) is 0 Å². The number of rotatable bonds is 11. The average molecular weight is 355 g/mol. The molecule has 3 heteroatoms. The Labute approximate surface area is 139 Å². The number of aryl methyl sites for hydroxylation is 1. The molecule has 0 radical (unpaired) electrons. The molecule has 0 fully saturated rings. The third-order valence-electron chi connectivity index (χ3n) is 4.15. The minimum absolute atomic E-state index is 0.266. The summed E-state index contributed by atoms with van der Waals surface area (Å²) in [5.41, 5.74) is 5.50. The molecule has 1 rings (SSSR count). The van der Waals surface area contributed by atoms with Crippen molar-refractivity contribution in [1.29, 1.82) is 0 Å². The molecule has 0 heterocycles. The van der Waals surface area contributed by atoms with Crippen LogP contribution in [-0.2, 0) is 0 Å². The fraction of sp³-hybridized carbons (Fsp3) is 0.667. The summed E-state index contributed by atoms with van der Waals surface area (Å²) in [6, 6.07) is 6.78. The Morgan fingerprint density at radius 1 is 1.05 bits per heavy atom. The van der Waals surface area contributed by atoms with E-state index in [-0.39, 0.29) is 6.04 Å². The maximum Gasteiger partial charge on any atom is 0.0460 e. The first-order valence-corrected chi connectivity index (χ1v) is 9.20. The van der Waals surface area contributed by atoms with Gasteiger partial charge in [0, 0.05) is 10.5 Å². The molecule has 3 N–H and O–H groups in total. The fourth-order valence-electron chi connectivity index (χ4n) is 2.65. The highest BCUT2D eigenvalue weighted by molar-refractivity contribution is 9.10. The first-order valence-electron chi connectivity index (χ1n) is 8.41. The van der Waals surface area contributed by atoms with E-state index in [1.165, 1.54) is 62.5 Å². The van der Waals surface area contributed by atoms with Gasteiger partial charge >= 0.3 is 0 Å². The Morgan fingerprint density at radius 3 is 2.24 bits per heavy atom. The molecule has 0 aliphatic rings. The van der Waals surface area contributed by atoms with Gasteiger partial charge in [-0.3, -0.25) is 11.3 Å². The van der Waals surface area contributed by atoms with Crippen LogP contribution in [-0.4, -0.2) is 0 Å². The molecule has 0 saturated heterocycles. The van der Waals surface area contributed by atoms with Gasteiger partial charge in [0.15, 0.2) is 0 Å². The minimum Gasteiger partial charge on any atom is -0.271 e. The molecule has 0 aliphatic heterocycles. The average Bonchev–Trinajstić information content (AvgIpc) is 2.49. The van der Waals surface area contributed by atoms with Crippen molar-refractivity contribution in [3.05, 3.63) is 33.8 Å². The number of benzene rings is 1. The van der Waals surface area contributed by atoms with E-state index in [0.29, 0.717) is 0 Å². The molecule has 2 nitrogen and oxygen atoms in total.